The van der Waals surface area contributed by atoms with E-state index in [9.17, 15) is 4.79 Å². The van der Waals surface area contributed by atoms with Gasteiger partial charge in [0.2, 0.25) is 5.91 Å². The SMILES string of the molecule is CCc1cc(NC(=O)C[C@@H]2CN(Cc3ccccc3)CCO2)n(C)n1. The predicted molar refractivity (Wildman–Crippen MR) is 97.3 cm³/mol. The molecule has 0 unspecified atom stereocenters. The molecule has 0 spiro atoms. The van der Waals surface area contributed by atoms with Crippen molar-refractivity contribution in [2.24, 2.45) is 7.05 Å². The molecule has 1 aromatic carbocycles. The molecular formula is C19H26N4O2. The maximum atomic E-state index is 12.3. The Bertz CT molecular complexity index is 699. The number of nitrogens with zero attached hydrogens (tertiary/aromatic N) is 3. The summed E-state index contributed by atoms with van der Waals surface area (Å²) in [6.07, 6.45) is 1.14. The molecular weight excluding hydrogens is 316 g/mol. The molecule has 0 saturated carbocycles. The molecule has 2 heterocycles. The van der Waals surface area contributed by atoms with Crippen molar-refractivity contribution in [1.82, 2.24) is 14.7 Å². The normalized spacial score (nSPS) is 18.2. The molecule has 0 bridgehead atoms. The number of aromatic nitrogens is 2. The lowest BCUT2D eigenvalue weighted by Crippen LogP contribution is -2.43. The summed E-state index contributed by atoms with van der Waals surface area (Å²) >= 11 is 0. The third-order valence-corrected chi connectivity index (χ3v) is 4.45. The molecule has 1 fully saturated rings. The molecule has 0 radical (unpaired) electrons. The summed E-state index contributed by atoms with van der Waals surface area (Å²) in [7, 11) is 1.84. The number of carbonyl (C=O) groups is 1. The fourth-order valence-electron chi connectivity index (χ4n) is 3.11. The lowest BCUT2D eigenvalue weighted by Gasteiger charge is -2.32. The molecule has 0 aliphatic carbocycles. The first kappa shape index (κ1) is 17.6. The fourth-order valence-corrected chi connectivity index (χ4v) is 3.11. The standard InChI is InChI=1S/C19H26N4O2/c1-3-16-11-18(22(2)21-16)20-19(24)12-17-14-23(9-10-25-17)13-15-7-5-4-6-8-15/h4-8,11,17H,3,9-10,12-14H2,1-2H3,(H,20,24)/t17-/m1/s1. The molecule has 3 rings (SSSR count). The fraction of sp³-hybridized carbons (Fsp3) is 0.474. The number of amides is 1. The number of anilines is 1. The zero-order valence-corrected chi connectivity index (χ0v) is 14.9. The zero-order chi connectivity index (χ0) is 17.6. The quantitative estimate of drug-likeness (QED) is 0.874. The molecule has 2 aromatic rings. The van der Waals surface area contributed by atoms with Crippen LogP contribution in [0.25, 0.3) is 0 Å². The lowest BCUT2D eigenvalue weighted by atomic mass is 10.1. The van der Waals surface area contributed by atoms with E-state index in [0.717, 1.165) is 37.6 Å². The molecule has 1 aliphatic rings. The van der Waals surface area contributed by atoms with Gasteiger partial charge in [-0.25, -0.2) is 0 Å². The predicted octanol–water partition coefficient (Wildman–Crippen LogP) is 2.21. The second-order valence-corrected chi connectivity index (χ2v) is 6.46. The smallest absolute Gasteiger partial charge is 0.228 e. The van der Waals surface area contributed by atoms with Gasteiger partial charge in [-0.05, 0) is 12.0 Å². The maximum Gasteiger partial charge on any atom is 0.228 e. The highest BCUT2D eigenvalue weighted by molar-refractivity contribution is 5.90. The number of ether oxygens (including phenoxy) is 1. The molecule has 1 saturated heterocycles. The number of benzene rings is 1. The lowest BCUT2D eigenvalue weighted by molar-refractivity contribution is -0.121. The number of carbonyl (C=O) groups excluding carboxylic acids is 1. The Labute approximate surface area is 148 Å². The van der Waals surface area contributed by atoms with E-state index in [0.29, 0.717) is 13.0 Å². The number of hydrogen-bond acceptors (Lipinski definition) is 4. The van der Waals surface area contributed by atoms with Crippen molar-refractivity contribution >= 4 is 11.7 Å². The monoisotopic (exact) mass is 342 g/mol. The summed E-state index contributed by atoms with van der Waals surface area (Å²) in [6, 6.07) is 12.3. The van der Waals surface area contributed by atoms with Gasteiger partial charge < -0.3 is 10.1 Å². The topological polar surface area (TPSA) is 59.4 Å². The van der Waals surface area contributed by atoms with E-state index in [2.05, 4.69) is 39.6 Å². The second-order valence-electron chi connectivity index (χ2n) is 6.46. The third kappa shape index (κ3) is 4.90. The molecule has 6 heteroatoms. The van der Waals surface area contributed by atoms with Crippen LogP contribution in [0.15, 0.2) is 36.4 Å². The number of hydrogen-bond donors (Lipinski definition) is 1. The van der Waals surface area contributed by atoms with Crippen LogP contribution in [0.5, 0.6) is 0 Å². The number of nitrogens with one attached hydrogen (secondary N) is 1. The highest BCUT2D eigenvalue weighted by Gasteiger charge is 2.23. The van der Waals surface area contributed by atoms with E-state index in [1.807, 2.05) is 26.1 Å². The molecule has 1 atom stereocenters. The van der Waals surface area contributed by atoms with Gasteiger partial charge in [-0.3, -0.25) is 14.4 Å². The largest absolute Gasteiger partial charge is 0.375 e. The van der Waals surface area contributed by atoms with Crippen molar-refractivity contribution in [2.45, 2.75) is 32.4 Å². The highest BCUT2D eigenvalue weighted by atomic mass is 16.5. The first-order valence-electron chi connectivity index (χ1n) is 8.84. The minimum atomic E-state index is -0.0728. The Kier molecular flexibility index (Phi) is 5.83. The maximum absolute atomic E-state index is 12.3. The van der Waals surface area contributed by atoms with Crippen LogP contribution in [0, 0.1) is 0 Å². The van der Waals surface area contributed by atoms with Crippen LogP contribution in [-0.4, -0.2) is 46.4 Å². The van der Waals surface area contributed by atoms with E-state index in [-0.39, 0.29) is 12.0 Å². The zero-order valence-electron chi connectivity index (χ0n) is 14.9. The van der Waals surface area contributed by atoms with Gasteiger partial charge in [0.05, 0.1) is 24.8 Å². The second kappa shape index (κ2) is 8.27. The Balaban J connectivity index is 1.51. The van der Waals surface area contributed by atoms with Crippen molar-refractivity contribution in [3.8, 4) is 0 Å². The first-order chi connectivity index (χ1) is 12.1. The van der Waals surface area contributed by atoms with Gasteiger partial charge in [-0.15, -0.1) is 0 Å². The average Bonchev–Trinajstić information content (AvgIpc) is 2.96. The van der Waals surface area contributed by atoms with Crippen LogP contribution < -0.4 is 5.32 Å². The molecule has 1 aliphatic heterocycles. The van der Waals surface area contributed by atoms with E-state index in [1.54, 1.807) is 4.68 Å². The minimum Gasteiger partial charge on any atom is -0.375 e. The van der Waals surface area contributed by atoms with Gasteiger partial charge in [0.1, 0.15) is 5.82 Å². The average molecular weight is 342 g/mol. The van der Waals surface area contributed by atoms with Gasteiger partial charge in [-0.1, -0.05) is 37.3 Å². The van der Waals surface area contributed by atoms with Crippen molar-refractivity contribution < 1.29 is 9.53 Å². The van der Waals surface area contributed by atoms with Crippen molar-refractivity contribution in [3.63, 3.8) is 0 Å². The minimum absolute atomic E-state index is 0.0304. The summed E-state index contributed by atoms with van der Waals surface area (Å²) in [5.41, 5.74) is 2.26. The Hall–Kier alpha value is -2.18. The van der Waals surface area contributed by atoms with E-state index >= 15 is 0 Å². The van der Waals surface area contributed by atoms with Crippen molar-refractivity contribution in [2.75, 3.05) is 25.0 Å². The van der Waals surface area contributed by atoms with Gasteiger partial charge in [0.25, 0.3) is 0 Å². The molecule has 6 nitrogen and oxygen atoms in total. The third-order valence-electron chi connectivity index (χ3n) is 4.45. The molecule has 134 valence electrons. The van der Waals surface area contributed by atoms with Gasteiger partial charge in [0, 0.05) is 32.7 Å². The first-order valence-corrected chi connectivity index (χ1v) is 8.84. The number of morpholine rings is 1. The van der Waals surface area contributed by atoms with E-state index in [4.69, 9.17) is 4.74 Å². The Morgan fingerprint density at radius 1 is 1.36 bits per heavy atom. The van der Waals surface area contributed by atoms with Crippen LogP contribution in [0.1, 0.15) is 24.6 Å². The van der Waals surface area contributed by atoms with Crippen LogP contribution in [-0.2, 0) is 29.5 Å². The summed E-state index contributed by atoms with van der Waals surface area (Å²) in [5, 5.41) is 7.29. The van der Waals surface area contributed by atoms with Crippen molar-refractivity contribution in [3.05, 3.63) is 47.7 Å². The number of rotatable bonds is 6. The molecule has 1 amide bonds. The van der Waals surface area contributed by atoms with Crippen LogP contribution in [0.4, 0.5) is 5.82 Å². The van der Waals surface area contributed by atoms with Crippen LogP contribution in [0.3, 0.4) is 0 Å². The van der Waals surface area contributed by atoms with Crippen LogP contribution in [0.2, 0.25) is 0 Å². The Morgan fingerprint density at radius 2 is 2.16 bits per heavy atom. The van der Waals surface area contributed by atoms with E-state index < -0.39 is 0 Å². The van der Waals surface area contributed by atoms with Gasteiger partial charge >= 0.3 is 0 Å². The highest BCUT2D eigenvalue weighted by Crippen LogP contribution is 2.15. The summed E-state index contributed by atoms with van der Waals surface area (Å²) in [6.45, 7) is 5.27. The molecule has 25 heavy (non-hydrogen) atoms. The molecule has 1 aromatic heterocycles. The summed E-state index contributed by atoms with van der Waals surface area (Å²) < 4.78 is 7.49. The Morgan fingerprint density at radius 3 is 2.88 bits per heavy atom. The molecule has 1 N–H and O–H groups in total. The van der Waals surface area contributed by atoms with Crippen molar-refractivity contribution in [1.29, 1.82) is 0 Å². The number of aryl methyl sites for hydroxylation is 2. The van der Waals surface area contributed by atoms with Gasteiger partial charge in [-0.2, -0.15) is 5.10 Å². The summed E-state index contributed by atoms with van der Waals surface area (Å²) in [5.74, 6) is 0.705. The van der Waals surface area contributed by atoms with E-state index in [1.165, 1.54) is 5.56 Å². The van der Waals surface area contributed by atoms with Crippen LogP contribution >= 0.6 is 0 Å². The summed E-state index contributed by atoms with van der Waals surface area (Å²) in [4.78, 5) is 14.7. The van der Waals surface area contributed by atoms with Gasteiger partial charge in [0.15, 0.2) is 0 Å².